The first kappa shape index (κ1) is 18.5. The zero-order valence-electron chi connectivity index (χ0n) is 15.3. The van der Waals surface area contributed by atoms with Crippen molar-refractivity contribution in [1.82, 2.24) is 10.6 Å². The van der Waals surface area contributed by atoms with Crippen molar-refractivity contribution in [3.05, 3.63) is 77.0 Å². The summed E-state index contributed by atoms with van der Waals surface area (Å²) in [5.74, 6) is 0.262. The zero-order chi connectivity index (χ0) is 19.2. The molecule has 140 valence electrons. The molecule has 6 heteroatoms. The van der Waals surface area contributed by atoms with Gasteiger partial charge in [0.05, 0.1) is 18.2 Å². The first-order chi connectivity index (χ1) is 13.1. The molecule has 0 aliphatic carbocycles. The van der Waals surface area contributed by atoms with Gasteiger partial charge in [-0.2, -0.15) is 0 Å². The molecule has 2 amide bonds. The maximum absolute atomic E-state index is 12.3. The van der Waals surface area contributed by atoms with Crippen molar-refractivity contribution in [2.24, 2.45) is 0 Å². The summed E-state index contributed by atoms with van der Waals surface area (Å²) in [5, 5.41) is 5.40. The van der Waals surface area contributed by atoms with Gasteiger partial charge in [0.2, 0.25) is 0 Å². The number of carbonyl (C=O) groups excluding carboxylic acids is 2. The second-order valence-electron chi connectivity index (χ2n) is 6.13. The minimum Gasteiger partial charge on any atom is -0.489 e. The highest BCUT2D eigenvalue weighted by molar-refractivity contribution is 5.95. The molecule has 1 heterocycles. The molecule has 0 unspecified atom stereocenters. The highest BCUT2D eigenvalue weighted by atomic mass is 16.5. The van der Waals surface area contributed by atoms with Crippen LogP contribution in [0.1, 0.15) is 31.0 Å². The van der Waals surface area contributed by atoms with Crippen molar-refractivity contribution in [3.8, 4) is 5.75 Å². The van der Waals surface area contributed by atoms with E-state index in [9.17, 15) is 9.59 Å². The SMILES string of the molecule is CCOC(=O)C1=C(C)NC(=O)N[C@H]1c1ccc(OCc2ccccc2)cc1. The number of benzene rings is 2. The van der Waals surface area contributed by atoms with Gasteiger partial charge in [-0.25, -0.2) is 9.59 Å². The minimum absolute atomic E-state index is 0.266. The Hall–Kier alpha value is -3.28. The van der Waals surface area contributed by atoms with Crippen LogP contribution in [-0.4, -0.2) is 18.6 Å². The summed E-state index contributed by atoms with van der Waals surface area (Å²) in [7, 11) is 0. The minimum atomic E-state index is -0.569. The van der Waals surface area contributed by atoms with Crippen LogP contribution in [-0.2, 0) is 16.1 Å². The third kappa shape index (κ3) is 4.47. The highest BCUT2D eigenvalue weighted by Gasteiger charge is 2.32. The molecule has 6 nitrogen and oxygen atoms in total. The molecule has 1 aliphatic heterocycles. The van der Waals surface area contributed by atoms with Crippen LogP contribution in [0.2, 0.25) is 0 Å². The van der Waals surface area contributed by atoms with Gasteiger partial charge in [0.15, 0.2) is 0 Å². The maximum atomic E-state index is 12.3. The summed E-state index contributed by atoms with van der Waals surface area (Å²) in [5.41, 5.74) is 2.75. The van der Waals surface area contributed by atoms with E-state index in [1.165, 1.54) is 0 Å². The molecule has 1 atom stereocenters. The van der Waals surface area contributed by atoms with Gasteiger partial charge in [-0.3, -0.25) is 0 Å². The fourth-order valence-electron chi connectivity index (χ4n) is 2.92. The molecule has 0 bridgehead atoms. The Morgan fingerprint density at radius 2 is 1.78 bits per heavy atom. The summed E-state index contributed by atoms with van der Waals surface area (Å²) >= 11 is 0. The quantitative estimate of drug-likeness (QED) is 0.768. The molecular formula is C21H22N2O4. The van der Waals surface area contributed by atoms with Gasteiger partial charge in [0, 0.05) is 5.70 Å². The lowest BCUT2D eigenvalue weighted by atomic mass is 9.95. The van der Waals surface area contributed by atoms with Crippen LogP contribution < -0.4 is 15.4 Å². The second-order valence-corrected chi connectivity index (χ2v) is 6.13. The lowest BCUT2D eigenvalue weighted by molar-refractivity contribution is -0.139. The predicted molar refractivity (Wildman–Crippen MR) is 101 cm³/mol. The smallest absolute Gasteiger partial charge is 0.338 e. The molecular weight excluding hydrogens is 344 g/mol. The van der Waals surface area contributed by atoms with Gasteiger partial charge in [0.25, 0.3) is 0 Å². The first-order valence-corrected chi connectivity index (χ1v) is 8.80. The molecule has 0 radical (unpaired) electrons. The van der Waals surface area contributed by atoms with Crippen molar-refractivity contribution in [1.29, 1.82) is 0 Å². The maximum Gasteiger partial charge on any atom is 0.338 e. The van der Waals surface area contributed by atoms with Crippen molar-refractivity contribution < 1.29 is 19.1 Å². The highest BCUT2D eigenvalue weighted by Crippen LogP contribution is 2.29. The molecule has 27 heavy (non-hydrogen) atoms. The van der Waals surface area contributed by atoms with Gasteiger partial charge < -0.3 is 20.1 Å². The van der Waals surface area contributed by atoms with E-state index in [0.717, 1.165) is 11.1 Å². The Morgan fingerprint density at radius 3 is 2.44 bits per heavy atom. The van der Waals surface area contributed by atoms with Crippen LogP contribution in [0, 0.1) is 0 Å². The van der Waals surface area contributed by atoms with Crippen molar-refractivity contribution in [2.75, 3.05) is 6.61 Å². The third-order valence-corrected chi connectivity index (χ3v) is 4.23. The Balaban J connectivity index is 1.77. The molecule has 2 aromatic rings. The van der Waals surface area contributed by atoms with Gasteiger partial charge in [0.1, 0.15) is 12.4 Å². The molecule has 0 saturated heterocycles. The number of rotatable bonds is 6. The first-order valence-electron chi connectivity index (χ1n) is 8.80. The average Bonchev–Trinajstić information content (AvgIpc) is 2.67. The average molecular weight is 366 g/mol. The summed E-state index contributed by atoms with van der Waals surface area (Å²) in [6.07, 6.45) is 0. The number of amides is 2. The van der Waals surface area contributed by atoms with Crippen LogP contribution in [0.4, 0.5) is 4.79 Å². The van der Waals surface area contributed by atoms with E-state index in [4.69, 9.17) is 9.47 Å². The number of esters is 1. The van der Waals surface area contributed by atoms with Crippen molar-refractivity contribution >= 4 is 12.0 Å². The number of carbonyl (C=O) groups is 2. The predicted octanol–water partition coefficient (Wildman–Crippen LogP) is 3.46. The van der Waals surface area contributed by atoms with Crippen molar-refractivity contribution in [3.63, 3.8) is 0 Å². The Morgan fingerprint density at radius 1 is 1.07 bits per heavy atom. The third-order valence-electron chi connectivity index (χ3n) is 4.23. The molecule has 1 aliphatic rings. The standard InChI is InChI=1S/C21H22N2O4/c1-3-26-20(24)18-14(2)22-21(25)23-19(18)16-9-11-17(12-10-16)27-13-15-7-5-4-6-8-15/h4-12,19H,3,13H2,1-2H3,(H2,22,23,25)/t19-/m0/s1. The Kier molecular flexibility index (Phi) is 5.76. The molecule has 0 saturated carbocycles. The van der Waals surface area contributed by atoms with Crippen LogP contribution in [0.15, 0.2) is 65.9 Å². The summed E-state index contributed by atoms with van der Waals surface area (Å²) in [6, 6.07) is 16.3. The van der Waals surface area contributed by atoms with Gasteiger partial charge in [-0.15, -0.1) is 0 Å². The van der Waals surface area contributed by atoms with Gasteiger partial charge in [-0.1, -0.05) is 42.5 Å². The zero-order valence-corrected chi connectivity index (χ0v) is 15.3. The van der Waals surface area contributed by atoms with Crippen molar-refractivity contribution in [2.45, 2.75) is 26.5 Å². The van der Waals surface area contributed by atoms with Crippen LogP contribution in [0.3, 0.4) is 0 Å². The fourth-order valence-corrected chi connectivity index (χ4v) is 2.92. The van der Waals surface area contributed by atoms with E-state index in [1.54, 1.807) is 13.8 Å². The van der Waals surface area contributed by atoms with E-state index >= 15 is 0 Å². The monoisotopic (exact) mass is 366 g/mol. The topological polar surface area (TPSA) is 76.7 Å². The number of hydrogen-bond donors (Lipinski definition) is 2. The van der Waals surface area contributed by atoms with Gasteiger partial charge in [-0.05, 0) is 37.1 Å². The van der Waals surface area contributed by atoms with Crippen LogP contribution in [0.5, 0.6) is 5.75 Å². The largest absolute Gasteiger partial charge is 0.489 e. The van der Waals surface area contributed by atoms with Crippen LogP contribution >= 0.6 is 0 Å². The number of hydrogen-bond acceptors (Lipinski definition) is 4. The normalized spacial score (nSPS) is 16.4. The fraction of sp³-hybridized carbons (Fsp3) is 0.238. The molecule has 0 spiro atoms. The number of nitrogens with one attached hydrogen (secondary N) is 2. The van der Waals surface area contributed by atoms with E-state index in [2.05, 4.69) is 10.6 Å². The Bertz CT molecular complexity index is 844. The lowest BCUT2D eigenvalue weighted by Gasteiger charge is -2.28. The molecule has 0 aromatic heterocycles. The number of allylic oxidation sites excluding steroid dienone is 1. The van der Waals surface area contributed by atoms with E-state index in [0.29, 0.717) is 23.6 Å². The molecule has 0 fully saturated rings. The van der Waals surface area contributed by atoms with Gasteiger partial charge >= 0.3 is 12.0 Å². The summed E-state index contributed by atoms with van der Waals surface area (Å²) in [4.78, 5) is 24.2. The summed E-state index contributed by atoms with van der Waals surface area (Å²) in [6.45, 7) is 4.17. The number of urea groups is 1. The number of ether oxygens (including phenoxy) is 2. The van der Waals surface area contributed by atoms with E-state index in [1.807, 2.05) is 54.6 Å². The van der Waals surface area contributed by atoms with E-state index in [-0.39, 0.29) is 12.6 Å². The van der Waals surface area contributed by atoms with Crippen LogP contribution in [0.25, 0.3) is 0 Å². The second kappa shape index (κ2) is 8.40. The van der Waals surface area contributed by atoms with E-state index < -0.39 is 12.0 Å². The Labute approximate surface area is 158 Å². The lowest BCUT2D eigenvalue weighted by Crippen LogP contribution is -2.45. The molecule has 2 aromatic carbocycles. The molecule has 3 rings (SSSR count). The molecule has 2 N–H and O–H groups in total. The summed E-state index contributed by atoms with van der Waals surface area (Å²) < 4.78 is 10.9.